The highest BCUT2D eigenvalue weighted by Gasteiger charge is 2.57. The van der Waals surface area contributed by atoms with Crippen LogP contribution in [0.4, 0.5) is 22.7 Å². The number of rotatable bonds is 9. The van der Waals surface area contributed by atoms with Gasteiger partial charge in [-0.25, -0.2) is 4.98 Å². The van der Waals surface area contributed by atoms with Crippen LogP contribution in [0.5, 0.6) is 11.5 Å². The maximum atomic E-state index is 9.56. The van der Waals surface area contributed by atoms with Gasteiger partial charge in [-0.05, 0) is 188 Å². The minimum Gasteiger partial charge on any atom is -0.457 e. The summed E-state index contributed by atoms with van der Waals surface area (Å²) in [5.41, 5.74) is 7.66. The second kappa shape index (κ2) is 14.9. The number of anilines is 4. The van der Waals surface area contributed by atoms with Gasteiger partial charge in [-0.1, -0.05) is 96.8 Å². The fourth-order valence-electron chi connectivity index (χ4n) is 14.7. The minimum atomic E-state index is -0.592. The van der Waals surface area contributed by atoms with Gasteiger partial charge in [-0.3, -0.25) is 4.57 Å². The summed E-state index contributed by atoms with van der Waals surface area (Å²) in [4.78, 5) is 9.17. The van der Waals surface area contributed by atoms with Gasteiger partial charge in [-0.15, -0.1) is 0 Å². The molecule has 17 rings (SSSR count). The molecule has 9 aromatic rings. The van der Waals surface area contributed by atoms with Crippen LogP contribution in [-0.4, -0.2) is 15.7 Å². The highest BCUT2D eigenvalue weighted by atomic mass is 16.5. The number of benzene rings is 7. The molecule has 0 spiro atoms. The highest BCUT2D eigenvalue weighted by molar-refractivity contribution is 6.09. The molecule has 8 aliphatic rings. The number of para-hydroxylation sites is 3. The van der Waals surface area contributed by atoms with Crippen LogP contribution in [0.15, 0.2) is 182 Å². The molecule has 1 atom stereocenters. The first kappa shape index (κ1) is 31.1. The van der Waals surface area contributed by atoms with Crippen LogP contribution in [0, 0.1) is 23.7 Å². The Morgan fingerprint density at radius 3 is 1.80 bits per heavy atom. The van der Waals surface area contributed by atoms with E-state index in [0.717, 1.165) is 75.4 Å². The van der Waals surface area contributed by atoms with Crippen LogP contribution in [0.3, 0.4) is 0 Å². The maximum absolute atomic E-state index is 9.56. The van der Waals surface area contributed by atoms with Gasteiger partial charge in [0.2, 0.25) is 0 Å². The number of ether oxygens (including phenoxy) is 1. The predicted molar refractivity (Wildman–Crippen MR) is 281 cm³/mol. The number of pyridine rings is 1. The molecule has 7 fully saturated rings. The van der Waals surface area contributed by atoms with Crippen LogP contribution in [0.1, 0.15) is 89.5 Å². The van der Waals surface area contributed by atoms with E-state index < -0.39 is 42.4 Å². The molecule has 5 heteroatoms. The van der Waals surface area contributed by atoms with Crippen LogP contribution in [0.25, 0.3) is 49.9 Å². The van der Waals surface area contributed by atoms with Gasteiger partial charge >= 0.3 is 0 Å². The predicted octanol–water partition coefficient (Wildman–Crippen LogP) is 16.5. The molecule has 1 unspecified atom stereocenters. The van der Waals surface area contributed by atoms with E-state index in [4.69, 9.17) is 17.9 Å². The molecule has 0 saturated heterocycles. The molecule has 6 bridgehead atoms. The Kier molecular flexibility index (Phi) is 6.74. The SMILES string of the molecule is [2H]c1c([2H])c([2H])c(-c2cc(C34CC5CC(CC(C5)C3)C4)cc(-c3c([2H])c([2H])c([2H])c([2H])c3[2H])c2N2c3ccccc3N(c3cccc(Oc4ccc5c6ccccc6n(-c6cc(C78CC(C7)C8)ccn6)c5c4)c3)C2C)c([2H])c1[2H]. The Hall–Kier alpha value is -7.11. The molecule has 338 valence electrons. The lowest BCUT2D eigenvalue weighted by Crippen LogP contribution is -2.55. The first-order chi connectivity index (χ1) is 38.1. The fraction of sp³-hybridized carbons (Fsp3) is 0.266. The van der Waals surface area contributed by atoms with Crippen molar-refractivity contribution in [1.82, 2.24) is 9.55 Å². The topological polar surface area (TPSA) is 33.5 Å². The Balaban J connectivity index is 0.889. The summed E-state index contributed by atoms with van der Waals surface area (Å²) in [6.45, 7) is 2.03. The fourth-order valence-corrected chi connectivity index (χ4v) is 14.7. The van der Waals surface area contributed by atoms with E-state index in [9.17, 15) is 5.48 Å². The molecule has 2 aromatic heterocycles. The first-order valence-corrected chi connectivity index (χ1v) is 24.9. The van der Waals surface area contributed by atoms with Crippen molar-refractivity contribution in [2.45, 2.75) is 81.7 Å². The molecule has 7 aromatic carbocycles. The average molecular weight is 907 g/mol. The van der Waals surface area contributed by atoms with E-state index in [1.165, 1.54) is 44.1 Å². The summed E-state index contributed by atoms with van der Waals surface area (Å²) in [6.07, 6.45) is 11.4. The molecule has 1 aliphatic heterocycles. The van der Waals surface area contributed by atoms with Crippen molar-refractivity contribution in [1.29, 1.82) is 0 Å². The van der Waals surface area contributed by atoms with Gasteiger partial charge in [0.15, 0.2) is 0 Å². The minimum absolute atomic E-state index is 0.00573. The van der Waals surface area contributed by atoms with Gasteiger partial charge in [-0.2, -0.15) is 0 Å². The third-order valence-corrected chi connectivity index (χ3v) is 17.3. The van der Waals surface area contributed by atoms with E-state index in [2.05, 4.69) is 62.9 Å². The van der Waals surface area contributed by atoms with E-state index in [0.29, 0.717) is 46.1 Å². The van der Waals surface area contributed by atoms with Crippen LogP contribution < -0.4 is 14.5 Å². The van der Waals surface area contributed by atoms with Gasteiger partial charge in [0.1, 0.15) is 23.5 Å². The van der Waals surface area contributed by atoms with Gasteiger partial charge in [0.05, 0.1) is 41.8 Å². The third kappa shape index (κ3) is 6.11. The lowest BCUT2D eigenvalue weighted by Gasteiger charge is -2.62. The van der Waals surface area contributed by atoms with E-state index in [1.54, 1.807) is 0 Å². The van der Waals surface area contributed by atoms with Crippen LogP contribution in [-0.2, 0) is 10.8 Å². The smallest absolute Gasteiger partial charge is 0.137 e. The normalized spacial score (nSPS) is 28.0. The third-order valence-electron chi connectivity index (χ3n) is 17.3. The van der Waals surface area contributed by atoms with Crippen LogP contribution >= 0.6 is 0 Å². The van der Waals surface area contributed by atoms with Crippen LogP contribution in [0.2, 0.25) is 0 Å². The molecule has 69 heavy (non-hydrogen) atoms. The van der Waals surface area contributed by atoms with Crippen molar-refractivity contribution in [3.63, 3.8) is 0 Å². The summed E-state index contributed by atoms with van der Waals surface area (Å²) >= 11 is 0. The van der Waals surface area contributed by atoms with Gasteiger partial charge < -0.3 is 14.5 Å². The van der Waals surface area contributed by atoms with Crippen molar-refractivity contribution in [2.24, 2.45) is 23.7 Å². The van der Waals surface area contributed by atoms with Crippen molar-refractivity contribution < 1.29 is 18.4 Å². The number of aromatic nitrogens is 2. The number of hydrogen-bond acceptors (Lipinski definition) is 4. The Morgan fingerprint density at radius 2 is 1.13 bits per heavy atom. The zero-order valence-corrected chi connectivity index (χ0v) is 38.5. The molecule has 7 saturated carbocycles. The van der Waals surface area contributed by atoms with Gasteiger partial charge in [0, 0.05) is 45.9 Å². The molecule has 5 nitrogen and oxygen atoms in total. The lowest BCUT2D eigenvalue weighted by molar-refractivity contribution is -0.0274. The highest BCUT2D eigenvalue weighted by Crippen LogP contribution is 2.65. The monoisotopic (exact) mass is 907 g/mol. The molecule has 0 N–H and O–H groups in total. The Bertz CT molecular complexity index is 3920. The number of hydrogen-bond donors (Lipinski definition) is 0. The van der Waals surface area contributed by atoms with E-state index in [-0.39, 0.29) is 46.1 Å². The quantitative estimate of drug-likeness (QED) is 0.144. The van der Waals surface area contributed by atoms with Crippen molar-refractivity contribution in [3.05, 3.63) is 193 Å². The molecule has 0 amide bonds. The zero-order valence-electron chi connectivity index (χ0n) is 48.5. The van der Waals surface area contributed by atoms with Crippen molar-refractivity contribution in [3.8, 4) is 39.6 Å². The van der Waals surface area contributed by atoms with E-state index in [1.807, 2.05) is 79.9 Å². The molecule has 0 radical (unpaired) electrons. The second-order valence-electron chi connectivity index (χ2n) is 21.3. The summed E-state index contributed by atoms with van der Waals surface area (Å²) in [5, 5.41) is 2.22. The van der Waals surface area contributed by atoms with E-state index >= 15 is 0 Å². The number of nitrogens with zero attached hydrogens (tertiary/aromatic N) is 4. The zero-order chi connectivity index (χ0) is 54.1. The molecular weight excluding hydrogens is 841 g/mol. The summed E-state index contributed by atoms with van der Waals surface area (Å²) < 4.78 is 101. The maximum Gasteiger partial charge on any atom is 0.137 e. The average Bonchev–Trinajstić information content (AvgIpc) is 3.58. The summed E-state index contributed by atoms with van der Waals surface area (Å²) in [5.74, 6) is 4.54. The Labute approximate surface area is 419 Å². The second-order valence-corrected chi connectivity index (χ2v) is 21.3. The van der Waals surface area contributed by atoms with Crippen molar-refractivity contribution >= 4 is 44.6 Å². The first-order valence-electron chi connectivity index (χ1n) is 29.9. The van der Waals surface area contributed by atoms with Crippen molar-refractivity contribution in [2.75, 3.05) is 9.80 Å². The molecule has 7 aliphatic carbocycles. The largest absolute Gasteiger partial charge is 0.457 e. The number of fused-ring (bicyclic) bond motifs is 4. The molecule has 3 heterocycles. The van der Waals surface area contributed by atoms with Gasteiger partial charge in [0.25, 0.3) is 0 Å². The molecular formula is C64H56N4O. The summed E-state index contributed by atoms with van der Waals surface area (Å²) in [6, 6.07) is 34.5. The standard InChI is InChI=1S/C64H56N4O/c1-41-66(50-17-12-18-51(33-50)69-52-23-24-54-53-19-8-9-20-57(53)68(60(54)34-52)61-32-48(25-26-65-61)63-38-45(39-63)40-63)58-21-10-11-22-59(58)67(41)62-55(46-13-4-2-5-14-46)30-49(31-56(62)47-15-6-3-7-16-47)64-35-42-27-43(36-64)29-44(28-42)37-64/h2-26,30-34,41-45H,27-29,35-40H2,1H3/i2D,3D,4D,5D,6D,7D,13D,14D,15D,16D. The Morgan fingerprint density at radius 1 is 0.536 bits per heavy atom. The summed E-state index contributed by atoms with van der Waals surface area (Å²) in [7, 11) is 0. The lowest BCUT2D eigenvalue weighted by atomic mass is 9.42.